The van der Waals surface area contributed by atoms with Crippen LogP contribution < -0.4 is 15.8 Å². The number of rotatable bonds is 8. The number of nitrogens with two attached hydrogens (primary N) is 1. The van der Waals surface area contributed by atoms with E-state index in [2.05, 4.69) is 5.32 Å². The van der Waals surface area contributed by atoms with Gasteiger partial charge in [-0.2, -0.15) is 0 Å². The first kappa shape index (κ1) is 18.6. The lowest BCUT2D eigenvalue weighted by Gasteiger charge is -2.23. The van der Waals surface area contributed by atoms with Crippen LogP contribution in [0.3, 0.4) is 0 Å². The third-order valence-electron chi connectivity index (χ3n) is 4.08. The van der Waals surface area contributed by atoms with Crippen LogP contribution in [-0.2, 0) is 9.53 Å². The number of nitrogens with one attached hydrogen (secondary N) is 1. The number of amides is 1. The molecule has 1 heterocycles. The molecule has 2 unspecified atom stereocenters. The average Bonchev–Trinajstić information content (AvgIpc) is 2.57. The van der Waals surface area contributed by atoms with Gasteiger partial charge in [-0.3, -0.25) is 4.79 Å². The van der Waals surface area contributed by atoms with Crippen LogP contribution in [0.5, 0.6) is 5.75 Å². The molecule has 1 fully saturated rings. The van der Waals surface area contributed by atoms with E-state index in [1.165, 1.54) is 18.9 Å². The van der Waals surface area contributed by atoms with E-state index in [0.29, 0.717) is 12.6 Å². The first-order valence-corrected chi connectivity index (χ1v) is 8.29. The molecule has 5 nitrogen and oxygen atoms in total. The highest BCUT2D eigenvalue weighted by Gasteiger charge is 2.28. The number of benzene rings is 1. The van der Waals surface area contributed by atoms with E-state index in [0.717, 1.165) is 25.5 Å². The van der Waals surface area contributed by atoms with Crippen molar-refractivity contribution in [1.82, 2.24) is 5.32 Å². The van der Waals surface area contributed by atoms with Gasteiger partial charge in [0.1, 0.15) is 5.82 Å². The van der Waals surface area contributed by atoms with Gasteiger partial charge in [-0.15, -0.1) is 0 Å². The van der Waals surface area contributed by atoms with Crippen LogP contribution in [0.4, 0.5) is 8.78 Å². The standard InChI is InChI=1S/C17H24F2N2O3/c1-2-23-16(17(20)22)14-12(18)6-7-13(15(14)19)24-10-8-11-5-3-4-9-21-11/h6-7,11,16,21H,2-5,8-10H2,1H3,(H2,20,22). The summed E-state index contributed by atoms with van der Waals surface area (Å²) < 4.78 is 39.1. The van der Waals surface area contributed by atoms with Gasteiger partial charge in [-0.05, 0) is 44.9 Å². The molecular weight excluding hydrogens is 318 g/mol. The zero-order valence-electron chi connectivity index (χ0n) is 13.8. The van der Waals surface area contributed by atoms with Crippen molar-refractivity contribution < 1.29 is 23.0 Å². The van der Waals surface area contributed by atoms with E-state index in [-0.39, 0.29) is 12.4 Å². The van der Waals surface area contributed by atoms with Crippen LogP contribution in [0.2, 0.25) is 0 Å². The number of halogens is 2. The van der Waals surface area contributed by atoms with Gasteiger partial charge in [0.2, 0.25) is 0 Å². The maximum absolute atomic E-state index is 14.6. The monoisotopic (exact) mass is 342 g/mol. The lowest BCUT2D eigenvalue weighted by atomic mass is 10.0. The Labute approximate surface area is 140 Å². The smallest absolute Gasteiger partial charge is 0.251 e. The number of piperidine rings is 1. The fraction of sp³-hybridized carbons (Fsp3) is 0.588. The molecule has 2 rings (SSSR count). The molecule has 0 aliphatic carbocycles. The molecule has 1 saturated heterocycles. The van der Waals surface area contributed by atoms with E-state index in [1.54, 1.807) is 6.92 Å². The maximum Gasteiger partial charge on any atom is 0.251 e. The van der Waals surface area contributed by atoms with Crippen LogP contribution in [0.1, 0.15) is 44.3 Å². The van der Waals surface area contributed by atoms with Gasteiger partial charge in [0.05, 0.1) is 12.2 Å². The summed E-state index contributed by atoms with van der Waals surface area (Å²) >= 11 is 0. The Morgan fingerprint density at radius 1 is 1.42 bits per heavy atom. The largest absolute Gasteiger partial charge is 0.490 e. The molecule has 1 aliphatic rings. The third-order valence-corrected chi connectivity index (χ3v) is 4.08. The van der Waals surface area contributed by atoms with E-state index in [1.807, 2.05) is 0 Å². The van der Waals surface area contributed by atoms with Crippen LogP contribution in [-0.4, -0.2) is 31.7 Å². The fourth-order valence-corrected chi connectivity index (χ4v) is 2.86. The summed E-state index contributed by atoms with van der Waals surface area (Å²) in [5.41, 5.74) is 4.69. The second-order valence-corrected chi connectivity index (χ2v) is 5.79. The van der Waals surface area contributed by atoms with Gasteiger partial charge in [0.15, 0.2) is 17.7 Å². The topological polar surface area (TPSA) is 73.6 Å². The number of carbonyl (C=O) groups excluding carboxylic acids is 1. The molecule has 1 aromatic rings. The number of carbonyl (C=O) groups is 1. The van der Waals surface area contributed by atoms with Crippen molar-refractivity contribution in [2.24, 2.45) is 5.73 Å². The Morgan fingerprint density at radius 2 is 2.21 bits per heavy atom. The first-order valence-electron chi connectivity index (χ1n) is 8.29. The molecule has 0 aromatic heterocycles. The van der Waals surface area contributed by atoms with E-state index >= 15 is 0 Å². The molecule has 7 heteroatoms. The molecule has 1 amide bonds. The van der Waals surface area contributed by atoms with Crippen molar-refractivity contribution in [3.63, 3.8) is 0 Å². The molecule has 0 radical (unpaired) electrons. The van der Waals surface area contributed by atoms with Crippen molar-refractivity contribution in [2.75, 3.05) is 19.8 Å². The number of hydrogen-bond acceptors (Lipinski definition) is 4. The summed E-state index contributed by atoms with van der Waals surface area (Å²) in [5.74, 6) is -2.87. The maximum atomic E-state index is 14.6. The van der Waals surface area contributed by atoms with E-state index in [4.69, 9.17) is 15.2 Å². The van der Waals surface area contributed by atoms with Crippen LogP contribution in [0, 0.1) is 11.6 Å². The summed E-state index contributed by atoms with van der Waals surface area (Å²) in [6.45, 7) is 3.00. The summed E-state index contributed by atoms with van der Waals surface area (Å²) in [4.78, 5) is 11.4. The molecule has 3 N–H and O–H groups in total. The number of primary amides is 1. The minimum absolute atomic E-state index is 0.102. The quantitative estimate of drug-likeness (QED) is 0.761. The summed E-state index contributed by atoms with van der Waals surface area (Å²) in [6.07, 6.45) is 2.66. The summed E-state index contributed by atoms with van der Waals surface area (Å²) in [5, 5.41) is 3.38. The minimum atomic E-state index is -1.47. The van der Waals surface area contributed by atoms with Crippen molar-refractivity contribution in [3.8, 4) is 5.75 Å². The van der Waals surface area contributed by atoms with Gasteiger partial charge in [0, 0.05) is 12.6 Å². The van der Waals surface area contributed by atoms with Gasteiger partial charge in [-0.25, -0.2) is 8.78 Å². The van der Waals surface area contributed by atoms with Crippen molar-refractivity contribution in [2.45, 2.75) is 44.8 Å². The Balaban J connectivity index is 2.07. The Morgan fingerprint density at radius 3 is 2.83 bits per heavy atom. The lowest BCUT2D eigenvalue weighted by Crippen LogP contribution is -2.35. The van der Waals surface area contributed by atoms with Crippen molar-refractivity contribution in [3.05, 3.63) is 29.3 Å². The van der Waals surface area contributed by atoms with Crippen LogP contribution in [0.15, 0.2) is 12.1 Å². The summed E-state index contributed by atoms with van der Waals surface area (Å²) in [6, 6.07) is 2.62. The Bertz CT molecular complexity index is 563. The molecule has 0 saturated carbocycles. The van der Waals surface area contributed by atoms with Crippen LogP contribution in [0.25, 0.3) is 0 Å². The zero-order valence-corrected chi connectivity index (χ0v) is 13.8. The summed E-state index contributed by atoms with van der Waals surface area (Å²) in [7, 11) is 0. The fourth-order valence-electron chi connectivity index (χ4n) is 2.86. The second-order valence-electron chi connectivity index (χ2n) is 5.79. The Hall–Kier alpha value is -1.73. The highest BCUT2D eigenvalue weighted by Crippen LogP contribution is 2.30. The van der Waals surface area contributed by atoms with Gasteiger partial charge < -0.3 is 20.5 Å². The predicted molar refractivity (Wildman–Crippen MR) is 85.7 cm³/mol. The molecule has 1 aliphatic heterocycles. The second kappa shape index (κ2) is 8.94. The Kier molecular flexibility index (Phi) is 6.93. The lowest BCUT2D eigenvalue weighted by molar-refractivity contribution is -0.130. The van der Waals surface area contributed by atoms with E-state index < -0.39 is 29.2 Å². The normalized spacial score (nSPS) is 19.0. The van der Waals surface area contributed by atoms with E-state index in [9.17, 15) is 13.6 Å². The average molecular weight is 342 g/mol. The van der Waals surface area contributed by atoms with Gasteiger partial charge in [-0.1, -0.05) is 6.42 Å². The van der Waals surface area contributed by atoms with Crippen molar-refractivity contribution in [1.29, 1.82) is 0 Å². The highest BCUT2D eigenvalue weighted by molar-refractivity contribution is 5.80. The van der Waals surface area contributed by atoms with Crippen LogP contribution >= 0.6 is 0 Å². The molecule has 0 spiro atoms. The molecule has 2 atom stereocenters. The first-order chi connectivity index (χ1) is 11.5. The molecule has 0 bridgehead atoms. The van der Waals surface area contributed by atoms with Gasteiger partial charge in [0.25, 0.3) is 5.91 Å². The number of hydrogen-bond donors (Lipinski definition) is 2. The molecule has 24 heavy (non-hydrogen) atoms. The number of ether oxygens (including phenoxy) is 2. The predicted octanol–water partition coefficient (Wildman–Crippen LogP) is 2.44. The SMILES string of the molecule is CCOC(C(N)=O)c1c(F)ccc(OCCC2CCCCN2)c1F. The minimum Gasteiger partial charge on any atom is -0.490 e. The third kappa shape index (κ3) is 4.64. The van der Waals surface area contributed by atoms with Crippen molar-refractivity contribution >= 4 is 5.91 Å². The zero-order chi connectivity index (χ0) is 17.5. The molecule has 134 valence electrons. The molecular formula is C17H24F2N2O3. The molecule has 1 aromatic carbocycles. The highest BCUT2D eigenvalue weighted by atomic mass is 19.1. The van der Waals surface area contributed by atoms with Gasteiger partial charge >= 0.3 is 0 Å².